The van der Waals surface area contributed by atoms with Crippen LogP contribution in [-0.2, 0) is 0 Å². The largest absolute Gasteiger partial charge is 0.388 e. The van der Waals surface area contributed by atoms with Gasteiger partial charge in [-0.05, 0) is 25.2 Å². The molecule has 4 nitrogen and oxygen atoms in total. The number of rotatable bonds is 3. The second-order valence-electron chi connectivity index (χ2n) is 4.41. The van der Waals surface area contributed by atoms with Crippen molar-refractivity contribution in [3.8, 4) is 0 Å². The van der Waals surface area contributed by atoms with Crippen LogP contribution in [0.3, 0.4) is 0 Å². The molecule has 5 heteroatoms. The Labute approximate surface area is 101 Å². The highest BCUT2D eigenvalue weighted by Gasteiger charge is 2.21. The van der Waals surface area contributed by atoms with Crippen LogP contribution in [0.5, 0.6) is 0 Å². The first kappa shape index (κ1) is 11.3. The van der Waals surface area contributed by atoms with Crippen molar-refractivity contribution >= 4 is 23.0 Å². The second kappa shape index (κ2) is 4.74. The van der Waals surface area contributed by atoms with Crippen LogP contribution in [0.4, 0.5) is 5.82 Å². The molecule has 0 bridgehead atoms. The molecule has 0 amide bonds. The van der Waals surface area contributed by atoms with Gasteiger partial charge in [-0.3, -0.25) is 0 Å². The number of hydrogen-bond acceptors (Lipinski definition) is 4. The van der Waals surface area contributed by atoms with Crippen molar-refractivity contribution < 1.29 is 0 Å². The van der Waals surface area contributed by atoms with E-state index < -0.39 is 0 Å². The Balaban J connectivity index is 1.97. The molecule has 0 spiro atoms. The molecule has 1 aliphatic rings. The first-order valence-electron chi connectivity index (χ1n) is 5.53. The van der Waals surface area contributed by atoms with Gasteiger partial charge in [0.2, 0.25) is 0 Å². The van der Waals surface area contributed by atoms with Gasteiger partial charge in [0.15, 0.2) is 0 Å². The van der Waals surface area contributed by atoms with E-state index in [4.69, 9.17) is 18.0 Å². The molecule has 16 heavy (non-hydrogen) atoms. The summed E-state index contributed by atoms with van der Waals surface area (Å²) in [6, 6.07) is 0.528. The van der Waals surface area contributed by atoms with Crippen molar-refractivity contribution in [2.75, 3.05) is 5.32 Å². The third-order valence-corrected chi connectivity index (χ3v) is 3.16. The van der Waals surface area contributed by atoms with Gasteiger partial charge in [-0.15, -0.1) is 0 Å². The van der Waals surface area contributed by atoms with Crippen molar-refractivity contribution in [1.29, 1.82) is 0 Å². The lowest BCUT2D eigenvalue weighted by molar-refractivity contribution is 0.602. The van der Waals surface area contributed by atoms with Crippen LogP contribution in [0.25, 0.3) is 0 Å². The fraction of sp³-hybridized carbons (Fsp3) is 0.545. The van der Waals surface area contributed by atoms with E-state index in [1.165, 1.54) is 19.3 Å². The third-order valence-electron chi connectivity index (χ3n) is 2.95. The van der Waals surface area contributed by atoms with Crippen LogP contribution < -0.4 is 11.1 Å². The van der Waals surface area contributed by atoms with Crippen molar-refractivity contribution in [1.82, 2.24) is 9.97 Å². The summed E-state index contributed by atoms with van der Waals surface area (Å²) in [5.41, 5.74) is 6.02. The van der Waals surface area contributed by atoms with Crippen LogP contribution in [0, 0.1) is 5.92 Å². The summed E-state index contributed by atoms with van der Waals surface area (Å²) in [6.07, 6.45) is 7.01. The minimum absolute atomic E-state index is 0.286. The summed E-state index contributed by atoms with van der Waals surface area (Å²) in [4.78, 5) is 8.68. The number of aromatic nitrogens is 2. The molecule has 2 unspecified atom stereocenters. The van der Waals surface area contributed by atoms with Crippen LogP contribution in [-0.4, -0.2) is 21.0 Å². The van der Waals surface area contributed by atoms with Gasteiger partial charge in [-0.1, -0.05) is 19.1 Å². The Morgan fingerprint density at radius 2 is 2.25 bits per heavy atom. The summed E-state index contributed by atoms with van der Waals surface area (Å²) in [5, 5.41) is 3.38. The number of anilines is 1. The van der Waals surface area contributed by atoms with Crippen molar-refractivity contribution in [2.45, 2.75) is 32.2 Å². The normalized spacial score (nSPS) is 24.3. The summed E-state index contributed by atoms with van der Waals surface area (Å²) in [7, 11) is 0. The standard InChI is InChI=1S/C11H16N4S/c1-7-2-3-8(4-7)15-10-6-13-9(5-14-10)11(12)16/h5-8H,2-4H2,1H3,(H2,12,16)(H,14,15). The molecule has 3 N–H and O–H groups in total. The lowest BCUT2D eigenvalue weighted by Gasteiger charge is -2.12. The molecule has 86 valence electrons. The van der Waals surface area contributed by atoms with Gasteiger partial charge >= 0.3 is 0 Å². The Hall–Kier alpha value is -1.23. The molecular formula is C11H16N4S. The van der Waals surface area contributed by atoms with Gasteiger partial charge in [0.05, 0.1) is 12.4 Å². The lowest BCUT2D eigenvalue weighted by atomic mass is 10.1. The highest BCUT2D eigenvalue weighted by atomic mass is 32.1. The van der Waals surface area contributed by atoms with Crippen LogP contribution in [0.1, 0.15) is 31.9 Å². The summed E-state index contributed by atoms with van der Waals surface area (Å²) in [6.45, 7) is 2.28. The van der Waals surface area contributed by atoms with Gasteiger partial charge in [-0.2, -0.15) is 0 Å². The molecule has 1 saturated carbocycles. The molecular weight excluding hydrogens is 220 g/mol. The quantitative estimate of drug-likeness (QED) is 0.782. The smallest absolute Gasteiger partial charge is 0.144 e. The molecule has 1 fully saturated rings. The Morgan fingerprint density at radius 3 is 2.75 bits per heavy atom. The number of nitrogens with zero attached hydrogens (tertiary/aromatic N) is 2. The highest BCUT2D eigenvalue weighted by molar-refractivity contribution is 7.80. The average Bonchev–Trinajstić information content (AvgIpc) is 2.65. The van der Waals surface area contributed by atoms with Crippen molar-refractivity contribution in [3.05, 3.63) is 18.1 Å². The first-order valence-corrected chi connectivity index (χ1v) is 5.94. The Bertz CT molecular complexity index is 376. The molecule has 1 aliphatic carbocycles. The molecule has 0 radical (unpaired) electrons. The van der Waals surface area contributed by atoms with E-state index in [0.29, 0.717) is 11.7 Å². The minimum atomic E-state index is 0.286. The summed E-state index contributed by atoms with van der Waals surface area (Å²) >= 11 is 4.82. The number of hydrogen-bond donors (Lipinski definition) is 2. The maximum atomic E-state index is 5.45. The second-order valence-corrected chi connectivity index (χ2v) is 4.85. The van der Waals surface area contributed by atoms with Gasteiger partial charge in [-0.25, -0.2) is 9.97 Å². The van der Waals surface area contributed by atoms with Gasteiger partial charge in [0.25, 0.3) is 0 Å². The minimum Gasteiger partial charge on any atom is -0.388 e. The zero-order chi connectivity index (χ0) is 11.5. The van der Waals surface area contributed by atoms with E-state index in [-0.39, 0.29) is 4.99 Å². The number of nitrogens with two attached hydrogens (primary N) is 1. The molecule has 1 heterocycles. The lowest BCUT2D eigenvalue weighted by Crippen LogP contribution is -2.17. The topological polar surface area (TPSA) is 63.8 Å². The van der Waals surface area contributed by atoms with Crippen molar-refractivity contribution in [3.63, 3.8) is 0 Å². The molecule has 2 rings (SSSR count). The van der Waals surface area contributed by atoms with E-state index in [1.54, 1.807) is 12.4 Å². The first-order chi connectivity index (χ1) is 7.65. The molecule has 2 atom stereocenters. The predicted molar refractivity (Wildman–Crippen MR) is 68.3 cm³/mol. The summed E-state index contributed by atoms with van der Waals surface area (Å²) < 4.78 is 0. The maximum Gasteiger partial charge on any atom is 0.144 e. The highest BCUT2D eigenvalue weighted by Crippen LogP contribution is 2.26. The Morgan fingerprint density at radius 1 is 1.44 bits per heavy atom. The van der Waals surface area contributed by atoms with E-state index in [2.05, 4.69) is 22.2 Å². The van der Waals surface area contributed by atoms with Gasteiger partial charge < -0.3 is 11.1 Å². The van der Waals surface area contributed by atoms with Crippen LogP contribution >= 0.6 is 12.2 Å². The van der Waals surface area contributed by atoms with Crippen LogP contribution in [0.15, 0.2) is 12.4 Å². The fourth-order valence-electron chi connectivity index (χ4n) is 2.08. The fourth-order valence-corrected chi connectivity index (χ4v) is 2.18. The molecule has 0 saturated heterocycles. The van der Waals surface area contributed by atoms with E-state index in [1.807, 2.05) is 0 Å². The molecule has 1 aromatic rings. The number of nitrogens with one attached hydrogen (secondary N) is 1. The monoisotopic (exact) mass is 236 g/mol. The SMILES string of the molecule is CC1CCC(Nc2cnc(C(N)=S)cn2)C1. The average molecular weight is 236 g/mol. The van der Waals surface area contributed by atoms with Crippen molar-refractivity contribution in [2.24, 2.45) is 11.7 Å². The van der Waals surface area contributed by atoms with Gasteiger partial charge in [0, 0.05) is 6.04 Å². The van der Waals surface area contributed by atoms with E-state index in [0.717, 1.165) is 11.7 Å². The van der Waals surface area contributed by atoms with Crippen LogP contribution in [0.2, 0.25) is 0 Å². The molecule has 0 aliphatic heterocycles. The molecule has 0 aromatic carbocycles. The van der Waals surface area contributed by atoms with E-state index >= 15 is 0 Å². The zero-order valence-electron chi connectivity index (χ0n) is 9.31. The molecule has 1 aromatic heterocycles. The van der Waals surface area contributed by atoms with Gasteiger partial charge in [0.1, 0.15) is 16.5 Å². The Kier molecular flexibility index (Phi) is 3.33. The predicted octanol–water partition coefficient (Wildman–Crippen LogP) is 1.71. The zero-order valence-corrected chi connectivity index (χ0v) is 10.1. The summed E-state index contributed by atoms with van der Waals surface area (Å²) in [5.74, 6) is 1.61. The maximum absolute atomic E-state index is 5.45. The number of thiocarbonyl (C=S) groups is 1. The van der Waals surface area contributed by atoms with E-state index in [9.17, 15) is 0 Å². The third kappa shape index (κ3) is 2.66.